The second kappa shape index (κ2) is 10.2. The molecular formula is C33H31F3N6O2. The molecule has 8 nitrogen and oxygen atoms in total. The Kier molecular flexibility index (Phi) is 6.36. The van der Waals surface area contributed by atoms with E-state index in [1.54, 1.807) is 0 Å². The van der Waals surface area contributed by atoms with Gasteiger partial charge < -0.3 is 20.1 Å². The first-order valence-electron chi connectivity index (χ1n) is 15.1. The van der Waals surface area contributed by atoms with Crippen LogP contribution in [0.3, 0.4) is 0 Å². The number of alkyl halides is 1. The molecule has 4 atom stereocenters. The van der Waals surface area contributed by atoms with Gasteiger partial charge in [-0.05, 0) is 55.8 Å². The highest BCUT2D eigenvalue weighted by Gasteiger charge is 2.49. The Hall–Kier alpha value is -4.14. The number of pyridine rings is 1. The predicted octanol–water partition coefficient (Wildman–Crippen LogP) is 4.71. The molecule has 0 spiro atoms. The summed E-state index contributed by atoms with van der Waals surface area (Å²) >= 11 is 0. The number of phenolic OH excluding ortho intramolecular Hbond substituents is 1. The van der Waals surface area contributed by atoms with Crippen molar-refractivity contribution in [3.8, 4) is 35.4 Å². The van der Waals surface area contributed by atoms with Gasteiger partial charge in [0.2, 0.25) is 0 Å². The van der Waals surface area contributed by atoms with Crippen molar-refractivity contribution in [3.05, 3.63) is 47.7 Å². The lowest BCUT2D eigenvalue weighted by molar-refractivity contribution is 0.107. The number of rotatable bonds is 5. The highest BCUT2D eigenvalue weighted by Crippen LogP contribution is 2.42. The number of ether oxygens (including phenoxy) is 1. The minimum atomic E-state index is -0.913. The summed E-state index contributed by atoms with van der Waals surface area (Å²) < 4.78 is 52.2. The molecule has 2 aromatic heterocycles. The number of hydrogen-bond acceptors (Lipinski definition) is 8. The fourth-order valence-corrected chi connectivity index (χ4v) is 7.89. The Labute approximate surface area is 252 Å². The summed E-state index contributed by atoms with van der Waals surface area (Å²) in [5, 5.41) is 15.2. The quantitative estimate of drug-likeness (QED) is 0.319. The number of hydrogen-bond donors (Lipinski definition) is 2. The molecule has 11 heteroatoms. The van der Waals surface area contributed by atoms with Crippen LogP contribution in [0.15, 0.2) is 30.5 Å². The van der Waals surface area contributed by atoms with Crippen LogP contribution >= 0.6 is 0 Å². The molecule has 0 aliphatic carbocycles. The Bertz CT molecular complexity index is 1850. The van der Waals surface area contributed by atoms with Crippen LogP contribution < -0.4 is 15.0 Å². The number of aromatic nitrogens is 3. The van der Waals surface area contributed by atoms with Crippen LogP contribution in [0.5, 0.6) is 11.8 Å². The first-order chi connectivity index (χ1) is 21.3. The van der Waals surface area contributed by atoms with E-state index < -0.39 is 23.3 Å². The van der Waals surface area contributed by atoms with Gasteiger partial charge >= 0.3 is 6.01 Å². The van der Waals surface area contributed by atoms with Crippen LogP contribution in [-0.4, -0.2) is 81.5 Å². The lowest BCUT2D eigenvalue weighted by atomic mass is 9.95. The smallest absolute Gasteiger partial charge is 0.319 e. The van der Waals surface area contributed by atoms with Crippen LogP contribution in [0.4, 0.5) is 19.0 Å². The second-order valence-electron chi connectivity index (χ2n) is 12.6. The van der Waals surface area contributed by atoms with Gasteiger partial charge in [-0.25, -0.2) is 13.2 Å². The molecule has 6 heterocycles. The van der Waals surface area contributed by atoms with Crippen molar-refractivity contribution in [2.24, 2.45) is 0 Å². The van der Waals surface area contributed by atoms with E-state index in [0.29, 0.717) is 54.7 Å². The SMILES string of the molecule is C#Cc1c(F)ccc2cc(O)cc(-c3ncc4c(N5CC6CCC(C5)N6)nc(OC[C@@]56CCCN5C[C@H](F)C6)nc4c3F)c12. The number of piperazine rings is 1. The first-order valence-corrected chi connectivity index (χ1v) is 15.1. The zero-order chi connectivity index (χ0) is 30.2. The number of benzene rings is 2. The minimum Gasteiger partial charge on any atom is -0.508 e. The number of terminal acetylenes is 1. The van der Waals surface area contributed by atoms with E-state index in [9.17, 15) is 13.9 Å². The lowest BCUT2D eigenvalue weighted by Gasteiger charge is -2.34. The number of halogens is 3. The van der Waals surface area contributed by atoms with Gasteiger partial charge in [-0.1, -0.05) is 12.0 Å². The zero-order valence-corrected chi connectivity index (χ0v) is 24.0. The average Bonchev–Trinajstić information content (AvgIpc) is 3.66. The van der Waals surface area contributed by atoms with Crippen molar-refractivity contribution in [2.75, 3.05) is 37.7 Å². The third kappa shape index (κ3) is 4.34. The molecule has 2 N–H and O–H groups in total. The number of nitrogens with zero attached hydrogens (tertiary/aromatic N) is 5. The van der Waals surface area contributed by atoms with E-state index in [0.717, 1.165) is 32.2 Å². The molecule has 2 bridgehead atoms. The molecule has 0 amide bonds. The second-order valence-corrected chi connectivity index (χ2v) is 12.6. The van der Waals surface area contributed by atoms with E-state index >= 15 is 4.39 Å². The van der Waals surface area contributed by atoms with E-state index in [-0.39, 0.29) is 46.1 Å². The predicted molar refractivity (Wildman–Crippen MR) is 160 cm³/mol. The number of nitrogens with one attached hydrogen (secondary N) is 1. The summed E-state index contributed by atoms with van der Waals surface area (Å²) in [6.45, 7) is 2.79. The molecule has 4 aliphatic rings. The summed E-state index contributed by atoms with van der Waals surface area (Å²) in [4.78, 5) is 18.1. The first kappa shape index (κ1) is 27.4. The minimum absolute atomic E-state index is 0.00778. The zero-order valence-electron chi connectivity index (χ0n) is 24.0. The summed E-state index contributed by atoms with van der Waals surface area (Å²) in [5.41, 5.74) is -0.468. The lowest BCUT2D eigenvalue weighted by Crippen LogP contribution is -2.51. The fraction of sp³-hybridized carbons (Fsp3) is 0.424. The number of anilines is 1. The Morgan fingerprint density at radius 3 is 2.75 bits per heavy atom. The van der Waals surface area contributed by atoms with E-state index in [4.69, 9.17) is 16.1 Å². The Morgan fingerprint density at radius 2 is 1.95 bits per heavy atom. The van der Waals surface area contributed by atoms with Gasteiger partial charge in [-0.2, -0.15) is 9.97 Å². The highest BCUT2D eigenvalue weighted by atomic mass is 19.1. The van der Waals surface area contributed by atoms with Crippen LogP contribution in [0, 0.1) is 24.0 Å². The number of phenols is 1. The third-order valence-corrected chi connectivity index (χ3v) is 9.84. The summed E-state index contributed by atoms with van der Waals surface area (Å²) in [5.74, 6) is 1.35. The third-order valence-electron chi connectivity index (χ3n) is 9.84. The molecular weight excluding hydrogens is 569 g/mol. The maximum absolute atomic E-state index is 16.7. The highest BCUT2D eigenvalue weighted by molar-refractivity contribution is 6.03. The molecule has 0 radical (unpaired) electrons. The molecule has 8 rings (SSSR count). The average molecular weight is 601 g/mol. The van der Waals surface area contributed by atoms with Crippen molar-refractivity contribution >= 4 is 27.5 Å². The van der Waals surface area contributed by atoms with Gasteiger partial charge in [-0.15, -0.1) is 6.42 Å². The van der Waals surface area contributed by atoms with Crippen molar-refractivity contribution in [1.29, 1.82) is 0 Å². The van der Waals surface area contributed by atoms with Gasteiger partial charge in [0, 0.05) is 55.3 Å². The monoisotopic (exact) mass is 600 g/mol. The maximum Gasteiger partial charge on any atom is 0.319 e. The summed E-state index contributed by atoms with van der Waals surface area (Å²) in [6, 6.07) is 6.07. The molecule has 4 fully saturated rings. The number of fused-ring (bicyclic) bond motifs is 5. The van der Waals surface area contributed by atoms with Crippen LogP contribution in [-0.2, 0) is 0 Å². The number of aromatic hydroxyl groups is 1. The molecule has 4 aliphatic heterocycles. The molecule has 2 aromatic carbocycles. The molecule has 4 saturated heterocycles. The molecule has 44 heavy (non-hydrogen) atoms. The topological polar surface area (TPSA) is 86.6 Å². The van der Waals surface area contributed by atoms with Crippen molar-refractivity contribution in [2.45, 2.75) is 55.9 Å². The van der Waals surface area contributed by atoms with Crippen LogP contribution in [0.1, 0.15) is 37.7 Å². The summed E-state index contributed by atoms with van der Waals surface area (Å²) in [6.07, 6.45) is 10.5. The normalized spacial score (nSPS) is 26.4. The Balaban J connectivity index is 1.28. The largest absolute Gasteiger partial charge is 0.508 e. The standard InChI is InChI=1S/C33H31F3N6O2/c1-2-23-26(35)7-4-18-10-22(43)11-24(27(18)23)29-28(36)30-25(13-37-29)31(41-15-20-5-6-21(16-41)38-20)40-32(39-30)44-17-33-8-3-9-42(33)14-19(34)12-33/h1,4,7,10-11,13,19-21,38,43H,3,5-6,8-9,12,14-17H2/t19-,20?,21?,33+/m1/s1. The fourth-order valence-electron chi connectivity index (χ4n) is 7.89. The van der Waals surface area contributed by atoms with Crippen LogP contribution in [0.2, 0.25) is 0 Å². The van der Waals surface area contributed by atoms with Gasteiger partial charge in [-0.3, -0.25) is 9.88 Å². The molecule has 4 aromatic rings. The van der Waals surface area contributed by atoms with Gasteiger partial charge in [0.05, 0.1) is 16.5 Å². The van der Waals surface area contributed by atoms with E-state index in [1.165, 1.54) is 30.5 Å². The molecule has 2 unspecified atom stereocenters. The Morgan fingerprint density at radius 1 is 1.14 bits per heavy atom. The van der Waals surface area contributed by atoms with E-state index in [1.807, 2.05) is 0 Å². The van der Waals surface area contributed by atoms with Crippen LogP contribution in [0.25, 0.3) is 32.9 Å². The molecule has 0 saturated carbocycles. The van der Waals surface area contributed by atoms with Crippen molar-refractivity contribution in [3.63, 3.8) is 0 Å². The van der Waals surface area contributed by atoms with Gasteiger partial charge in [0.1, 0.15) is 41.4 Å². The van der Waals surface area contributed by atoms with Crippen molar-refractivity contribution in [1.82, 2.24) is 25.2 Å². The van der Waals surface area contributed by atoms with Crippen molar-refractivity contribution < 1.29 is 23.0 Å². The van der Waals surface area contributed by atoms with Gasteiger partial charge in [0.25, 0.3) is 0 Å². The van der Waals surface area contributed by atoms with E-state index in [2.05, 4.69) is 31.0 Å². The van der Waals surface area contributed by atoms with Gasteiger partial charge in [0.15, 0.2) is 5.82 Å². The molecule has 226 valence electrons. The summed E-state index contributed by atoms with van der Waals surface area (Å²) in [7, 11) is 0. The maximum atomic E-state index is 16.7.